The fourth-order valence-electron chi connectivity index (χ4n) is 1.18. The van der Waals surface area contributed by atoms with E-state index >= 15 is 0 Å². The molecule has 0 bridgehead atoms. The molecule has 0 aliphatic heterocycles. The number of carbonyl (C=O) groups excluding carboxylic acids is 1. The highest BCUT2D eigenvalue weighted by Crippen LogP contribution is 2.15. The van der Waals surface area contributed by atoms with E-state index in [1.54, 1.807) is 7.11 Å². The highest BCUT2D eigenvalue weighted by Gasteiger charge is 2.10. The van der Waals surface area contributed by atoms with Gasteiger partial charge in [0.05, 0.1) is 16.5 Å². The molecule has 1 N–H and O–H groups in total. The minimum atomic E-state index is -0.605. The van der Waals surface area contributed by atoms with Crippen LogP contribution in [0.1, 0.15) is 10.4 Å². The first kappa shape index (κ1) is 14.4. The maximum absolute atomic E-state index is 13.1. The molecule has 1 unspecified atom stereocenters. The van der Waals surface area contributed by atoms with E-state index in [0.29, 0.717) is 13.2 Å². The van der Waals surface area contributed by atoms with E-state index in [4.69, 9.17) is 16.3 Å². The van der Waals surface area contributed by atoms with Crippen molar-refractivity contribution in [1.29, 1.82) is 0 Å². The SMILES string of the molecule is COCC(Br)CNC(=O)c1ccc(Cl)c(F)c1. The third-order valence-corrected chi connectivity index (χ3v) is 2.91. The Labute approximate surface area is 112 Å². The first-order chi connectivity index (χ1) is 8.04. The number of methoxy groups -OCH3 is 1. The van der Waals surface area contributed by atoms with Gasteiger partial charge in [0.1, 0.15) is 5.82 Å². The molecule has 94 valence electrons. The second kappa shape index (κ2) is 6.93. The lowest BCUT2D eigenvalue weighted by molar-refractivity contribution is 0.0949. The molecule has 1 amide bonds. The molecule has 0 fully saturated rings. The van der Waals surface area contributed by atoms with Crippen molar-refractivity contribution in [3.05, 3.63) is 34.6 Å². The molecule has 0 aliphatic rings. The smallest absolute Gasteiger partial charge is 0.251 e. The molecule has 0 spiro atoms. The van der Waals surface area contributed by atoms with Gasteiger partial charge in [-0.3, -0.25) is 4.79 Å². The summed E-state index contributed by atoms with van der Waals surface area (Å²) in [6.45, 7) is 0.881. The second-order valence-corrected chi connectivity index (χ2v) is 5.09. The lowest BCUT2D eigenvalue weighted by Gasteiger charge is -2.10. The second-order valence-electron chi connectivity index (χ2n) is 3.39. The number of benzene rings is 1. The van der Waals surface area contributed by atoms with Crippen molar-refractivity contribution >= 4 is 33.4 Å². The Morgan fingerprint density at radius 3 is 2.94 bits per heavy atom. The van der Waals surface area contributed by atoms with Crippen LogP contribution in [-0.2, 0) is 4.74 Å². The average molecular weight is 325 g/mol. The maximum atomic E-state index is 13.1. The predicted octanol–water partition coefficient (Wildman–Crippen LogP) is 2.62. The molecule has 6 heteroatoms. The van der Waals surface area contributed by atoms with E-state index in [9.17, 15) is 9.18 Å². The Balaban J connectivity index is 2.55. The summed E-state index contributed by atoms with van der Waals surface area (Å²) in [4.78, 5) is 11.7. The van der Waals surface area contributed by atoms with Crippen LogP contribution in [0.15, 0.2) is 18.2 Å². The van der Waals surface area contributed by atoms with Crippen molar-refractivity contribution in [2.45, 2.75) is 4.83 Å². The largest absolute Gasteiger partial charge is 0.383 e. The van der Waals surface area contributed by atoms with Crippen molar-refractivity contribution < 1.29 is 13.9 Å². The minimum absolute atomic E-state index is 0.000647. The molecule has 3 nitrogen and oxygen atoms in total. The van der Waals surface area contributed by atoms with Gasteiger partial charge in [-0.05, 0) is 18.2 Å². The number of amides is 1. The van der Waals surface area contributed by atoms with Crippen molar-refractivity contribution in [3.8, 4) is 0 Å². The fraction of sp³-hybridized carbons (Fsp3) is 0.364. The predicted molar refractivity (Wildman–Crippen MR) is 68.3 cm³/mol. The molecule has 1 atom stereocenters. The summed E-state index contributed by atoms with van der Waals surface area (Å²) in [6.07, 6.45) is 0. The summed E-state index contributed by atoms with van der Waals surface area (Å²) in [7, 11) is 1.57. The Morgan fingerprint density at radius 2 is 2.35 bits per heavy atom. The molecule has 17 heavy (non-hydrogen) atoms. The quantitative estimate of drug-likeness (QED) is 0.846. The molecule has 0 aromatic heterocycles. The van der Waals surface area contributed by atoms with E-state index in [-0.39, 0.29) is 21.3 Å². The van der Waals surface area contributed by atoms with Gasteiger partial charge in [-0.15, -0.1) is 0 Å². The summed E-state index contributed by atoms with van der Waals surface area (Å²) >= 11 is 8.85. The number of halogens is 3. The number of ether oxygens (including phenoxy) is 1. The number of nitrogens with one attached hydrogen (secondary N) is 1. The molecular weight excluding hydrogens is 312 g/mol. The maximum Gasteiger partial charge on any atom is 0.251 e. The van der Waals surface area contributed by atoms with E-state index < -0.39 is 5.82 Å². The lowest BCUT2D eigenvalue weighted by atomic mass is 10.2. The molecule has 0 heterocycles. The summed E-state index contributed by atoms with van der Waals surface area (Å²) in [5, 5.41) is 2.65. The summed E-state index contributed by atoms with van der Waals surface area (Å²) in [6, 6.07) is 3.93. The monoisotopic (exact) mass is 323 g/mol. The Kier molecular flexibility index (Phi) is 5.88. The van der Waals surface area contributed by atoms with Crippen LogP contribution in [0.2, 0.25) is 5.02 Å². The molecule has 0 radical (unpaired) electrons. The van der Waals surface area contributed by atoms with Crippen LogP contribution in [0, 0.1) is 5.82 Å². The first-order valence-corrected chi connectivity index (χ1v) is 6.20. The van der Waals surface area contributed by atoms with Gasteiger partial charge < -0.3 is 10.1 Å². The van der Waals surface area contributed by atoms with Gasteiger partial charge in [-0.2, -0.15) is 0 Å². The Bertz CT molecular complexity index is 403. The normalized spacial score (nSPS) is 12.2. The van der Waals surface area contributed by atoms with Gasteiger partial charge in [-0.25, -0.2) is 4.39 Å². The first-order valence-electron chi connectivity index (χ1n) is 4.91. The van der Waals surface area contributed by atoms with Gasteiger partial charge in [0.15, 0.2) is 0 Å². The van der Waals surface area contributed by atoms with Crippen molar-refractivity contribution in [1.82, 2.24) is 5.32 Å². The molecule has 0 saturated carbocycles. The van der Waals surface area contributed by atoms with Gasteiger partial charge in [0.25, 0.3) is 5.91 Å². The zero-order valence-electron chi connectivity index (χ0n) is 9.17. The third-order valence-electron chi connectivity index (χ3n) is 2.01. The summed E-state index contributed by atoms with van der Waals surface area (Å²) < 4.78 is 18.0. The van der Waals surface area contributed by atoms with Crippen LogP contribution in [0.5, 0.6) is 0 Å². The van der Waals surface area contributed by atoms with Crippen molar-refractivity contribution in [3.63, 3.8) is 0 Å². The van der Waals surface area contributed by atoms with Crippen LogP contribution in [-0.4, -0.2) is 31.0 Å². The minimum Gasteiger partial charge on any atom is -0.383 e. The molecular formula is C11H12BrClFNO2. The molecule has 1 aromatic carbocycles. The lowest BCUT2D eigenvalue weighted by Crippen LogP contribution is -2.31. The topological polar surface area (TPSA) is 38.3 Å². The van der Waals surface area contributed by atoms with Crippen LogP contribution < -0.4 is 5.32 Å². The molecule has 1 aromatic rings. The van der Waals surface area contributed by atoms with Gasteiger partial charge in [0, 0.05) is 19.2 Å². The summed E-state index contributed by atoms with van der Waals surface area (Å²) in [5.41, 5.74) is 0.240. The highest BCUT2D eigenvalue weighted by molar-refractivity contribution is 9.09. The third kappa shape index (κ3) is 4.61. The summed E-state index contributed by atoms with van der Waals surface area (Å²) in [5.74, 6) is -0.951. The van der Waals surface area contributed by atoms with E-state index in [0.717, 1.165) is 6.07 Å². The average Bonchev–Trinajstić information content (AvgIpc) is 2.30. The van der Waals surface area contributed by atoms with E-state index in [1.165, 1.54) is 12.1 Å². The van der Waals surface area contributed by atoms with E-state index in [1.807, 2.05) is 0 Å². The van der Waals surface area contributed by atoms with Crippen LogP contribution in [0.3, 0.4) is 0 Å². The Hall–Kier alpha value is -0.650. The molecule has 0 aliphatic carbocycles. The number of carbonyl (C=O) groups is 1. The van der Waals surface area contributed by atoms with Crippen molar-refractivity contribution in [2.75, 3.05) is 20.3 Å². The number of hydrogen-bond donors (Lipinski definition) is 1. The number of alkyl halides is 1. The standard InChI is InChI=1S/C11H12BrClFNO2/c1-17-6-8(12)5-15-11(16)7-2-3-9(13)10(14)4-7/h2-4,8H,5-6H2,1H3,(H,15,16). The van der Waals surface area contributed by atoms with Gasteiger partial charge in [0.2, 0.25) is 0 Å². The van der Waals surface area contributed by atoms with Crippen LogP contribution in [0.25, 0.3) is 0 Å². The zero-order valence-corrected chi connectivity index (χ0v) is 11.5. The zero-order chi connectivity index (χ0) is 12.8. The fourth-order valence-corrected chi connectivity index (χ4v) is 1.73. The van der Waals surface area contributed by atoms with E-state index in [2.05, 4.69) is 21.2 Å². The Morgan fingerprint density at radius 1 is 1.65 bits per heavy atom. The highest BCUT2D eigenvalue weighted by atomic mass is 79.9. The molecule has 1 rings (SSSR count). The van der Waals surface area contributed by atoms with Crippen LogP contribution >= 0.6 is 27.5 Å². The molecule has 0 saturated heterocycles. The van der Waals surface area contributed by atoms with Crippen LogP contribution in [0.4, 0.5) is 4.39 Å². The van der Waals surface area contributed by atoms with Gasteiger partial charge >= 0.3 is 0 Å². The number of hydrogen-bond acceptors (Lipinski definition) is 2. The van der Waals surface area contributed by atoms with Gasteiger partial charge in [-0.1, -0.05) is 27.5 Å². The number of rotatable bonds is 5. The van der Waals surface area contributed by atoms with Crippen molar-refractivity contribution in [2.24, 2.45) is 0 Å².